The molecule has 6 heteroatoms. The Balaban J connectivity index is 2.74. The highest BCUT2D eigenvalue weighted by atomic mass is 32.2. The lowest BCUT2D eigenvalue weighted by atomic mass is 10.3. The maximum absolute atomic E-state index is 12.0. The number of hydrogen-bond donors (Lipinski definition) is 1. The number of alkyl halides is 2. The van der Waals surface area contributed by atoms with Crippen LogP contribution >= 0.6 is 11.8 Å². The van der Waals surface area contributed by atoms with E-state index >= 15 is 0 Å². The van der Waals surface area contributed by atoms with E-state index in [0.29, 0.717) is 0 Å². The van der Waals surface area contributed by atoms with Crippen LogP contribution in [0.25, 0.3) is 0 Å². The molecule has 0 fully saturated rings. The smallest absolute Gasteiger partial charge is 0.387 e. The molecule has 0 bridgehead atoms. The molecule has 1 amide bonds. The predicted molar refractivity (Wildman–Crippen MR) is 60.1 cm³/mol. The Labute approximate surface area is 96.2 Å². The van der Waals surface area contributed by atoms with Crippen molar-refractivity contribution >= 4 is 23.4 Å². The van der Waals surface area contributed by atoms with Crippen molar-refractivity contribution in [3.63, 3.8) is 0 Å². The molecule has 0 saturated carbocycles. The summed E-state index contributed by atoms with van der Waals surface area (Å²) in [6, 6.07) is 6.08. The zero-order valence-corrected chi connectivity index (χ0v) is 9.39. The molecule has 0 aromatic heterocycles. The third-order valence-corrected chi connectivity index (χ3v) is 2.20. The number of carbonyl (C=O) groups excluding carboxylic acids is 1. The van der Waals surface area contributed by atoms with Crippen LogP contribution in [0.15, 0.2) is 24.3 Å². The molecule has 1 aromatic carbocycles. The average Bonchev–Trinajstić information content (AvgIpc) is 2.20. The lowest BCUT2D eigenvalue weighted by molar-refractivity contribution is -0.113. The van der Waals surface area contributed by atoms with Gasteiger partial charge in [-0.3, -0.25) is 4.79 Å². The van der Waals surface area contributed by atoms with Gasteiger partial charge in [-0.15, -0.1) is 0 Å². The molecule has 16 heavy (non-hydrogen) atoms. The van der Waals surface area contributed by atoms with E-state index in [9.17, 15) is 13.6 Å². The van der Waals surface area contributed by atoms with Crippen molar-refractivity contribution in [3.8, 4) is 5.75 Å². The summed E-state index contributed by atoms with van der Waals surface area (Å²) in [6.45, 7) is -2.90. The predicted octanol–water partition coefficient (Wildman–Crippen LogP) is 2.59. The summed E-state index contributed by atoms with van der Waals surface area (Å²) in [5, 5.41) is 2.50. The molecule has 0 spiro atoms. The van der Waals surface area contributed by atoms with Crippen molar-refractivity contribution in [2.24, 2.45) is 0 Å². The first-order valence-electron chi connectivity index (χ1n) is 4.46. The number of benzene rings is 1. The number of halogens is 2. The SMILES string of the molecule is CSCC(=O)Nc1ccccc1OC(F)F. The van der Waals surface area contributed by atoms with Crippen LogP contribution < -0.4 is 10.1 Å². The Morgan fingerprint density at radius 2 is 2.19 bits per heavy atom. The van der Waals surface area contributed by atoms with Crippen LogP contribution in [0.5, 0.6) is 5.75 Å². The third-order valence-electron chi connectivity index (χ3n) is 1.65. The van der Waals surface area contributed by atoms with E-state index in [4.69, 9.17) is 0 Å². The van der Waals surface area contributed by atoms with Crippen LogP contribution in [0.1, 0.15) is 0 Å². The number of para-hydroxylation sites is 2. The minimum absolute atomic E-state index is 0.0352. The number of carbonyl (C=O) groups is 1. The number of amides is 1. The fraction of sp³-hybridized carbons (Fsp3) is 0.300. The Morgan fingerprint density at radius 3 is 2.81 bits per heavy atom. The lowest BCUT2D eigenvalue weighted by Crippen LogP contribution is -2.15. The standard InChI is InChI=1S/C10H11F2NO2S/c1-16-6-9(14)13-7-4-2-3-5-8(7)15-10(11)12/h2-5,10H,6H2,1H3,(H,13,14). The number of ether oxygens (including phenoxy) is 1. The van der Waals surface area contributed by atoms with Crippen LogP contribution in [-0.4, -0.2) is 24.5 Å². The zero-order valence-electron chi connectivity index (χ0n) is 8.57. The average molecular weight is 247 g/mol. The van der Waals surface area contributed by atoms with Gasteiger partial charge in [0.1, 0.15) is 5.75 Å². The monoisotopic (exact) mass is 247 g/mol. The van der Waals surface area contributed by atoms with Gasteiger partial charge < -0.3 is 10.1 Å². The van der Waals surface area contributed by atoms with Crippen molar-refractivity contribution < 1.29 is 18.3 Å². The summed E-state index contributed by atoms with van der Waals surface area (Å²) in [4.78, 5) is 11.3. The van der Waals surface area contributed by atoms with Crippen LogP contribution in [0.3, 0.4) is 0 Å². The lowest BCUT2D eigenvalue weighted by Gasteiger charge is -2.10. The second kappa shape index (κ2) is 6.32. The largest absolute Gasteiger partial charge is 0.433 e. The quantitative estimate of drug-likeness (QED) is 0.869. The Hall–Kier alpha value is -1.30. The van der Waals surface area contributed by atoms with Gasteiger partial charge >= 0.3 is 6.61 Å². The van der Waals surface area contributed by atoms with E-state index in [2.05, 4.69) is 10.1 Å². The van der Waals surface area contributed by atoms with Gasteiger partial charge in [0.25, 0.3) is 0 Å². The molecule has 0 unspecified atom stereocenters. The van der Waals surface area contributed by atoms with Gasteiger partial charge in [0.2, 0.25) is 5.91 Å². The zero-order chi connectivity index (χ0) is 12.0. The van der Waals surface area contributed by atoms with Crippen molar-refractivity contribution in [2.75, 3.05) is 17.3 Å². The van der Waals surface area contributed by atoms with Gasteiger partial charge in [-0.25, -0.2) is 0 Å². The number of anilines is 1. The van der Waals surface area contributed by atoms with Crippen molar-refractivity contribution in [1.82, 2.24) is 0 Å². The maximum atomic E-state index is 12.0. The summed E-state index contributed by atoms with van der Waals surface area (Å²) >= 11 is 1.35. The van der Waals surface area contributed by atoms with Gasteiger partial charge in [-0.2, -0.15) is 20.5 Å². The molecule has 0 radical (unpaired) electrons. The molecule has 0 saturated heterocycles. The fourth-order valence-electron chi connectivity index (χ4n) is 1.09. The van der Waals surface area contributed by atoms with Gasteiger partial charge in [0.15, 0.2) is 0 Å². The van der Waals surface area contributed by atoms with Gasteiger partial charge in [0, 0.05) is 0 Å². The van der Waals surface area contributed by atoms with E-state index in [1.54, 1.807) is 18.4 Å². The minimum Gasteiger partial charge on any atom is -0.433 e. The summed E-state index contributed by atoms with van der Waals surface area (Å²) in [5.41, 5.74) is 0.252. The van der Waals surface area contributed by atoms with Crippen molar-refractivity contribution in [1.29, 1.82) is 0 Å². The highest BCUT2D eigenvalue weighted by Crippen LogP contribution is 2.25. The molecule has 3 nitrogen and oxygen atoms in total. The Morgan fingerprint density at radius 1 is 1.50 bits per heavy atom. The number of hydrogen-bond acceptors (Lipinski definition) is 3. The highest BCUT2D eigenvalue weighted by molar-refractivity contribution is 7.99. The summed E-state index contributed by atoms with van der Waals surface area (Å²) in [6.07, 6.45) is 1.78. The molecular weight excluding hydrogens is 236 g/mol. The van der Waals surface area contributed by atoms with Crippen LogP contribution in [0, 0.1) is 0 Å². The Bertz CT molecular complexity index is 360. The summed E-state index contributed by atoms with van der Waals surface area (Å²) in [7, 11) is 0. The summed E-state index contributed by atoms with van der Waals surface area (Å²) in [5.74, 6) is -0.0204. The first-order chi connectivity index (χ1) is 7.63. The van der Waals surface area contributed by atoms with E-state index in [0.717, 1.165) is 0 Å². The van der Waals surface area contributed by atoms with E-state index in [1.807, 2.05) is 0 Å². The first kappa shape index (κ1) is 12.8. The van der Waals surface area contributed by atoms with E-state index in [-0.39, 0.29) is 23.1 Å². The number of nitrogens with one attached hydrogen (secondary N) is 1. The maximum Gasteiger partial charge on any atom is 0.387 e. The first-order valence-corrected chi connectivity index (χ1v) is 5.85. The topological polar surface area (TPSA) is 38.3 Å². The molecule has 1 N–H and O–H groups in total. The minimum atomic E-state index is -2.90. The van der Waals surface area contributed by atoms with Crippen LogP contribution in [0.4, 0.5) is 14.5 Å². The second-order valence-electron chi connectivity index (χ2n) is 2.86. The third kappa shape index (κ3) is 4.06. The van der Waals surface area contributed by atoms with E-state index in [1.165, 1.54) is 23.9 Å². The molecular formula is C10H11F2NO2S. The van der Waals surface area contributed by atoms with Gasteiger partial charge in [-0.1, -0.05) is 12.1 Å². The number of thioether (sulfide) groups is 1. The molecule has 0 aliphatic heterocycles. The molecule has 0 aliphatic carbocycles. The van der Waals surface area contributed by atoms with Gasteiger partial charge in [-0.05, 0) is 18.4 Å². The van der Waals surface area contributed by atoms with Crippen molar-refractivity contribution in [3.05, 3.63) is 24.3 Å². The molecule has 88 valence electrons. The van der Waals surface area contributed by atoms with Crippen LogP contribution in [0.2, 0.25) is 0 Å². The fourth-order valence-corrected chi connectivity index (χ4v) is 1.42. The van der Waals surface area contributed by atoms with Crippen LogP contribution in [-0.2, 0) is 4.79 Å². The van der Waals surface area contributed by atoms with Crippen molar-refractivity contribution in [2.45, 2.75) is 6.61 Å². The molecule has 0 aliphatic rings. The van der Waals surface area contributed by atoms with Gasteiger partial charge in [0.05, 0.1) is 11.4 Å². The molecule has 0 atom stereocenters. The summed E-state index contributed by atoms with van der Waals surface area (Å²) < 4.78 is 28.4. The number of rotatable bonds is 5. The molecule has 1 aromatic rings. The Kier molecular flexibility index (Phi) is 5.04. The normalized spacial score (nSPS) is 10.2. The second-order valence-corrected chi connectivity index (χ2v) is 3.72. The highest BCUT2D eigenvalue weighted by Gasteiger charge is 2.10. The molecule has 1 rings (SSSR count). The molecule has 0 heterocycles. The van der Waals surface area contributed by atoms with E-state index < -0.39 is 6.61 Å².